The van der Waals surface area contributed by atoms with E-state index in [0.717, 1.165) is 31.5 Å². The number of hydrogen-bond acceptors (Lipinski definition) is 5. The molecule has 21 heavy (non-hydrogen) atoms. The molecule has 1 aliphatic heterocycles. The van der Waals surface area contributed by atoms with E-state index in [9.17, 15) is 14.4 Å². The first-order valence-electron chi connectivity index (χ1n) is 7.45. The molecule has 0 aromatic carbocycles. The molecule has 0 saturated carbocycles. The first-order valence-corrected chi connectivity index (χ1v) is 7.45. The SMILES string of the molecule is CCOC(=O)CCC(=O)Cn1nc2n(c1=O)CCCCC2. The number of ketones is 1. The summed E-state index contributed by atoms with van der Waals surface area (Å²) in [6.45, 7) is 2.63. The highest BCUT2D eigenvalue weighted by atomic mass is 16.5. The number of ether oxygens (including phenoxy) is 1. The first kappa shape index (κ1) is 15.5. The predicted octanol–water partition coefficient (Wildman–Crippen LogP) is 0.684. The third kappa shape index (κ3) is 4.03. The molecular weight excluding hydrogens is 274 g/mol. The van der Waals surface area contributed by atoms with Crippen molar-refractivity contribution in [1.29, 1.82) is 0 Å². The monoisotopic (exact) mass is 295 g/mol. The fourth-order valence-corrected chi connectivity index (χ4v) is 2.45. The van der Waals surface area contributed by atoms with Gasteiger partial charge in [-0.15, -0.1) is 0 Å². The summed E-state index contributed by atoms with van der Waals surface area (Å²) in [4.78, 5) is 35.2. The number of aryl methyl sites for hydroxylation is 1. The zero-order chi connectivity index (χ0) is 15.2. The van der Waals surface area contributed by atoms with Crippen LogP contribution in [0.4, 0.5) is 0 Å². The van der Waals surface area contributed by atoms with Crippen LogP contribution >= 0.6 is 0 Å². The normalized spacial score (nSPS) is 14.3. The van der Waals surface area contributed by atoms with E-state index in [1.54, 1.807) is 11.5 Å². The second-order valence-corrected chi connectivity index (χ2v) is 5.16. The van der Waals surface area contributed by atoms with Crippen molar-refractivity contribution in [1.82, 2.24) is 14.3 Å². The molecule has 1 aromatic rings. The minimum Gasteiger partial charge on any atom is -0.466 e. The third-order valence-corrected chi connectivity index (χ3v) is 3.52. The van der Waals surface area contributed by atoms with Crippen LogP contribution < -0.4 is 5.69 Å². The van der Waals surface area contributed by atoms with Crippen LogP contribution in [0.5, 0.6) is 0 Å². The lowest BCUT2D eigenvalue weighted by molar-refractivity contribution is -0.144. The van der Waals surface area contributed by atoms with Gasteiger partial charge in [-0.2, -0.15) is 5.10 Å². The minimum atomic E-state index is -0.390. The van der Waals surface area contributed by atoms with Gasteiger partial charge in [0.25, 0.3) is 0 Å². The minimum absolute atomic E-state index is 0.0506. The van der Waals surface area contributed by atoms with Crippen molar-refractivity contribution in [2.45, 2.75) is 58.5 Å². The number of carbonyl (C=O) groups excluding carboxylic acids is 2. The van der Waals surface area contributed by atoms with Crippen LogP contribution in [0.1, 0.15) is 44.9 Å². The van der Waals surface area contributed by atoms with E-state index >= 15 is 0 Å². The maximum absolute atomic E-state index is 12.2. The number of fused-ring (bicyclic) bond motifs is 1. The Balaban J connectivity index is 1.95. The van der Waals surface area contributed by atoms with Gasteiger partial charge in [0.2, 0.25) is 0 Å². The van der Waals surface area contributed by atoms with Crippen LogP contribution in [-0.4, -0.2) is 32.7 Å². The number of hydrogen-bond donors (Lipinski definition) is 0. The van der Waals surface area contributed by atoms with Gasteiger partial charge in [-0.1, -0.05) is 6.42 Å². The molecule has 7 heteroatoms. The Bertz CT molecular complexity index is 573. The molecule has 0 atom stereocenters. The first-order chi connectivity index (χ1) is 10.1. The van der Waals surface area contributed by atoms with Crippen LogP contribution in [0.2, 0.25) is 0 Å². The molecule has 0 saturated heterocycles. The van der Waals surface area contributed by atoms with Crippen molar-refractivity contribution in [2.24, 2.45) is 0 Å². The van der Waals surface area contributed by atoms with Gasteiger partial charge in [0.05, 0.1) is 13.0 Å². The number of esters is 1. The number of nitrogens with zero attached hydrogens (tertiary/aromatic N) is 3. The molecule has 0 bridgehead atoms. The molecule has 2 heterocycles. The third-order valence-electron chi connectivity index (χ3n) is 3.52. The van der Waals surface area contributed by atoms with Crippen molar-refractivity contribution >= 4 is 11.8 Å². The van der Waals surface area contributed by atoms with E-state index < -0.39 is 0 Å². The molecule has 0 radical (unpaired) electrons. The van der Waals surface area contributed by atoms with E-state index in [2.05, 4.69) is 5.10 Å². The maximum Gasteiger partial charge on any atom is 0.346 e. The van der Waals surface area contributed by atoms with Crippen LogP contribution in [-0.2, 0) is 33.8 Å². The molecule has 0 spiro atoms. The Labute approximate surface area is 122 Å². The van der Waals surface area contributed by atoms with Crippen molar-refractivity contribution in [2.75, 3.05) is 6.61 Å². The molecule has 0 N–H and O–H groups in total. The Kier molecular flexibility index (Phi) is 5.30. The van der Waals surface area contributed by atoms with Crippen molar-refractivity contribution in [3.8, 4) is 0 Å². The summed E-state index contributed by atoms with van der Waals surface area (Å²) in [7, 11) is 0. The van der Waals surface area contributed by atoms with E-state index in [0.29, 0.717) is 13.2 Å². The van der Waals surface area contributed by atoms with E-state index in [1.807, 2.05) is 0 Å². The van der Waals surface area contributed by atoms with Crippen molar-refractivity contribution in [3.63, 3.8) is 0 Å². The van der Waals surface area contributed by atoms with Crippen LogP contribution in [0, 0.1) is 0 Å². The summed E-state index contributed by atoms with van der Waals surface area (Å²) in [5.74, 6) is 0.188. The number of carbonyl (C=O) groups is 2. The van der Waals surface area contributed by atoms with Crippen LogP contribution in [0.25, 0.3) is 0 Å². The number of aromatic nitrogens is 3. The van der Waals surface area contributed by atoms with Crippen LogP contribution in [0.15, 0.2) is 4.79 Å². The van der Waals surface area contributed by atoms with E-state index in [-0.39, 0.29) is 36.8 Å². The summed E-state index contributed by atoms with van der Waals surface area (Å²) in [5, 5.41) is 4.24. The molecule has 0 amide bonds. The van der Waals surface area contributed by atoms with Gasteiger partial charge in [0, 0.05) is 19.4 Å². The van der Waals surface area contributed by atoms with Crippen molar-refractivity contribution in [3.05, 3.63) is 16.3 Å². The molecule has 2 rings (SSSR count). The van der Waals surface area contributed by atoms with E-state index in [4.69, 9.17) is 4.74 Å². The van der Waals surface area contributed by atoms with Gasteiger partial charge in [0.15, 0.2) is 5.78 Å². The second-order valence-electron chi connectivity index (χ2n) is 5.16. The smallest absolute Gasteiger partial charge is 0.346 e. The standard InChI is InChI=1S/C14H21N3O4/c1-2-21-13(19)8-7-11(18)10-17-14(20)16-9-5-3-4-6-12(16)15-17/h2-10H2,1H3. The Hall–Kier alpha value is -1.92. The molecule has 1 aliphatic rings. The highest BCUT2D eigenvalue weighted by Gasteiger charge is 2.17. The lowest BCUT2D eigenvalue weighted by Gasteiger charge is -2.01. The molecule has 0 fully saturated rings. The summed E-state index contributed by atoms with van der Waals surface area (Å²) < 4.78 is 7.64. The number of rotatable bonds is 6. The van der Waals surface area contributed by atoms with Gasteiger partial charge in [0.1, 0.15) is 12.4 Å². The fraction of sp³-hybridized carbons (Fsp3) is 0.714. The summed E-state index contributed by atoms with van der Waals surface area (Å²) in [6, 6.07) is 0. The second kappa shape index (κ2) is 7.19. The lowest BCUT2D eigenvalue weighted by Crippen LogP contribution is -2.28. The molecule has 116 valence electrons. The van der Waals surface area contributed by atoms with Gasteiger partial charge in [-0.3, -0.25) is 14.2 Å². The average Bonchev–Trinajstić information content (AvgIpc) is 2.65. The van der Waals surface area contributed by atoms with Gasteiger partial charge >= 0.3 is 11.7 Å². The van der Waals surface area contributed by atoms with Crippen molar-refractivity contribution < 1.29 is 14.3 Å². The Morgan fingerprint density at radius 1 is 1.24 bits per heavy atom. The maximum atomic E-state index is 12.2. The molecule has 0 unspecified atom stereocenters. The van der Waals surface area contributed by atoms with Gasteiger partial charge < -0.3 is 4.74 Å². The largest absolute Gasteiger partial charge is 0.466 e. The van der Waals surface area contributed by atoms with Gasteiger partial charge in [-0.05, 0) is 19.8 Å². The number of Topliss-reactive ketones (excluding diaryl/α,β-unsaturated/α-hetero) is 1. The topological polar surface area (TPSA) is 83.2 Å². The highest BCUT2D eigenvalue weighted by Crippen LogP contribution is 2.10. The molecule has 0 aliphatic carbocycles. The summed E-state index contributed by atoms with van der Waals surface area (Å²) >= 11 is 0. The predicted molar refractivity (Wildman–Crippen MR) is 74.9 cm³/mol. The van der Waals surface area contributed by atoms with Gasteiger partial charge in [-0.25, -0.2) is 9.48 Å². The highest BCUT2D eigenvalue weighted by molar-refractivity contribution is 5.82. The Morgan fingerprint density at radius 3 is 2.81 bits per heavy atom. The van der Waals surface area contributed by atoms with Crippen LogP contribution in [0.3, 0.4) is 0 Å². The lowest BCUT2D eigenvalue weighted by atomic mass is 10.2. The molecule has 7 nitrogen and oxygen atoms in total. The summed E-state index contributed by atoms with van der Waals surface area (Å²) in [5.41, 5.74) is -0.226. The molecular formula is C14H21N3O4. The average molecular weight is 295 g/mol. The quantitative estimate of drug-likeness (QED) is 0.721. The summed E-state index contributed by atoms with van der Waals surface area (Å²) in [6.07, 6.45) is 3.99. The Morgan fingerprint density at radius 2 is 2.05 bits per heavy atom. The fourth-order valence-electron chi connectivity index (χ4n) is 2.45. The van der Waals surface area contributed by atoms with E-state index in [1.165, 1.54) is 4.68 Å². The zero-order valence-electron chi connectivity index (χ0n) is 12.3. The molecule has 1 aromatic heterocycles. The zero-order valence-corrected chi connectivity index (χ0v) is 12.3.